The molecular weight excluding hydrogens is 234 g/mol. The lowest BCUT2D eigenvalue weighted by atomic mass is 10.0. The Morgan fingerprint density at radius 2 is 1.63 bits per heavy atom. The third-order valence-electron chi connectivity index (χ3n) is 5.89. The highest BCUT2D eigenvalue weighted by Gasteiger charge is 2.35. The largest absolute Gasteiger partial charge is 0.328 e. The van der Waals surface area contributed by atoms with Crippen LogP contribution in [0.4, 0.5) is 0 Å². The van der Waals surface area contributed by atoms with E-state index in [4.69, 9.17) is 5.73 Å². The molecule has 0 spiro atoms. The average molecular weight is 265 g/mol. The molecule has 3 heteroatoms. The lowest BCUT2D eigenvalue weighted by Crippen LogP contribution is -2.46. The summed E-state index contributed by atoms with van der Waals surface area (Å²) in [6.07, 6.45) is 9.58. The van der Waals surface area contributed by atoms with Crippen molar-refractivity contribution in [2.45, 2.75) is 70.0 Å². The minimum atomic E-state index is 0.467. The summed E-state index contributed by atoms with van der Waals surface area (Å²) >= 11 is 0. The molecule has 2 aliphatic heterocycles. The Bertz CT molecular complexity index is 278. The molecule has 1 saturated carbocycles. The van der Waals surface area contributed by atoms with Crippen LogP contribution in [0.5, 0.6) is 0 Å². The van der Waals surface area contributed by atoms with Crippen molar-refractivity contribution in [3.8, 4) is 0 Å². The van der Waals surface area contributed by atoms with Gasteiger partial charge in [0.25, 0.3) is 0 Å². The van der Waals surface area contributed by atoms with Gasteiger partial charge in [-0.1, -0.05) is 13.3 Å². The van der Waals surface area contributed by atoms with Crippen LogP contribution in [-0.2, 0) is 0 Å². The van der Waals surface area contributed by atoms with E-state index >= 15 is 0 Å². The fraction of sp³-hybridized carbons (Fsp3) is 1.00. The lowest BCUT2D eigenvalue weighted by Gasteiger charge is -2.35. The maximum Gasteiger partial charge on any atom is 0.0235 e. The second kappa shape index (κ2) is 6.11. The summed E-state index contributed by atoms with van der Waals surface area (Å²) in [6.45, 7) is 7.51. The molecule has 3 unspecified atom stereocenters. The van der Waals surface area contributed by atoms with Gasteiger partial charge in [0.15, 0.2) is 0 Å². The van der Waals surface area contributed by atoms with Crippen LogP contribution in [0.2, 0.25) is 0 Å². The van der Waals surface area contributed by atoms with Crippen molar-refractivity contribution >= 4 is 0 Å². The van der Waals surface area contributed by atoms with E-state index in [1.54, 1.807) is 0 Å². The molecule has 0 bridgehead atoms. The zero-order valence-corrected chi connectivity index (χ0v) is 12.6. The summed E-state index contributed by atoms with van der Waals surface area (Å²) < 4.78 is 0. The van der Waals surface area contributed by atoms with Gasteiger partial charge in [0, 0.05) is 31.2 Å². The Balaban J connectivity index is 1.47. The fourth-order valence-electron chi connectivity index (χ4n) is 4.43. The SMILES string of the molecule is CCC1CCC(N2CCC(N3CCC(N)CC3)C2)C1. The standard InChI is InChI=1S/C16H31N3/c1-2-13-3-4-15(11-13)19-10-7-16(12-19)18-8-5-14(17)6-9-18/h13-16H,2-12,17H2,1H3. The van der Waals surface area contributed by atoms with Gasteiger partial charge in [-0.3, -0.25) is 9.80 Å². The monoisotopic (exact) mass is 265 g/mol. The minimum absolute atomic E-state index is 0.467. The van der Waals surface area contributed by atoms with Crippen molar-refractivity contribution in [1.82, 2.24) is 9.80 Å². The number of hydrogen-bond acceptors (Lipinski definition) is 3. The van der Waals surface area contributed by atoms with Crippen LogP contribution < -0.4 is 5.73 Å². The summed E-state index contributed by atoms with van der Waals surface area (Å²) in [6, 6.07) is 2.20. The van der Waals surface area contributed by atoms with E-state index in [-0.39, 0.29) is 0 Å². The van der Waals surface area contributed by atoms with Gasteiger partial charge < -0.3 is 5.73 Å². The predicted octanol–water partition coefficient (Wildman–Crippen LogP) is 2.06. The summed E-state index contributed by atoms with van der Waals surface area (Å²) in [4.78, 5) is 5.52. The maximum absolute atomic E-state index is 6.02. The van der Waals surface area contributed by atoms with Crippen LogP contribution in [-0.4, -0.2) is 54.1 Å². The van der Waals surface area contributed by atoms with Gasteiger partial charge >= 0.3 is 0 Å². The van der Waals surface area contributed by atoms with Crippen molar-refractivity contribution in [3.05, 3.63) is 0 Å². The van der Waals surface area contributed by atoms with Crippen LogP contribution in [0.15, 0.2) is 0 Å². The van der Waals surface area contributed by atoms with Crippen LogP contribution >= 0.6 is 0 Å². The van der Waals surface area contributed by atoms with Crippen molar-refractivity contribution < 1.29 is 0 Å². The van der Waals surface area contributed by atoms with Crippen molar-refractivity contribution in [3.63, 3.8) is 0 Å². The summed E-state index contributed by atoms with van der Waals surface area (Å²) in [5.74, 6) is 1.01. The zero-order valence-electron chi connectivity index (χ0n) is 12.6. The number of nitrogens with zero attached hydrogens (tertiary/aromatic N) is 2. The Hall–Kier alpha value is -0.120. The third kappa shape index (κ3) is 3.14. The molecule has 0 aromatic rings. The highest BCUT2D eigenvalue weighted by atomic mass is 15.3. The Morgan fingerprint density at radius 3 is 2.32 bits per heavy atom. The highest BCUT2D eigenvalue weighted by Crippen LogP contribution is 2.33. The normalized spacial score (nSPS) is 39.2. The maximum atomic E-state index is 6.02. The molecule has 2 saturated heterocycles. The molecule has 1 aliphatic carbocycles. The molecule has 3 atom stereocenters. The van der Waals surface area contributed by atoms with Gasteiger partial charge in [-0.15, -0.1) is 0 Å². The molecule has 0 radical (unpaired) electrons. The van der Waals surface area contributed by atoms with Crippen LogP contribution in [0.1, 0.15) is 51.9 Å². The van der Waals surface area contributed by atoms with Crippen LogP contribution in [0, 0.1) is 5.92 Å². The van der Waals surface area contributed by atoms with Gasteiger partial charge in [-0.25, -0.2) is 0 Å². The average Bonchev–Trinajstić information content (AvgIpc) is 3.08. The first kappa shape index (κ1) is 13.8. The number of nitrogens with two attached hydrogens (primary N) is 1. The summed E-state index contributed by atoms with van der Waals surface area (Å²) in [5.41, 5.74) is 6.02. The molecule has 110 valence electrons. The first-order valence-electron chi connectivity index (χ1n) is 8.50. The second-order valence-corrected chi connectivity index (χ2v) is 7.05. The first-order valence-corrected chi connectivity index (χ1v) is 8.50. The van der Waals surface area contributed by atoms with Crippen molar-refractivity contribution in [2.24, 2.45) is 11.7 Å². The molecule has 2 N–H and O–H groups in total. The molecule has 19 heavy (non-hydrogen) atoms. The predicted molar refractivity (Wildman–Crippen MR) is 80.2 cm³/mol. The van der Waals surface area contributed by atoms with Gasteiger partial charge in [-0.05, 0) is 57.5 Å². The van der Waals surface area contributed by atoms with Gasteiger partial charge in [0.2, 0.25) is 0 Å². The van der Waals surface area contributed by atoms with Gasteiger partial charge in [-0.2, -0.15) is 0 Å². The van der Waals surface area contributed by atoms with E-state index in [1.807, 2.05) is 0 Å². The fourth-order valence-corrected chi connectivity index (χ4v) is 4.43. The zero-order chi connectivity index (χ0) is 13.2. The van der Waals surface area contributed by atoms with E-state index in [0.29, 0.717) is 6.04 Å². The van der Waals surface area contributed by atoms with Crippen LogP contribution in [0.25, 0.3) is 0 Å². The summed E-state index contributed by atoms with van der Waals surface area (Å²) in [7, 11) is 0. The number of rotatable bonds is 3. The van der Waals surface area contributed by atoms with E-state index in [2.05, 4.69) is 16.7 Å². The number of hydrogen-bond donors (Lipinski definition) is 1. The number of likely N-dealkylation sites (tertiary alicyclic amines) is 2. The molecule has 3 nitrogen and oxygen atoms in total. The first-order chi connectivity index (χ1) is 9.26. The lowest BCUT2D eigenvalue weighted by molar-refractivity contribution is 0.143. The molecule has 3 rings (SSSR count). The quantitative estimate of drug-likeness (QED) is 0.848. The molecule has 0 aromatic carbocycles. The van der Waals surface area contributed by atoms with E-state index in [1.165, 1.54) is 71.1 Å². The summed E-state index contributed by atoms with van der Waals surface area (Å²) in [5, 5.41) is 0. The highest BCUT2D eigenvalue weighted by molar-refractivity contribution is 4.92. The molecular formula is C16H31N3. The molecule has 0 amide bonds. The van der Waals surface area contributed by atoms with E-state index in [0.717, 1.165) is 18.0 Å². The Morgan fingerprint density at radius 1 is 0.895 bits per heavy atom. The van der Waals surface area contributed by atoms with Gasteiger partial charge in [0.05, 0.1) is 0 Å². The van der Waals surface area contributed by atoms with Crippen LogP contribution in [0.3, 0.4) is 0 Å². The molecule has 3 fully saturated rings. The topological polar surface area (TPSA) is 32.5 Å². The van der Waals surface area contributed by atoms with Gasteiger partial charge in [0.1, 0.15) is 0 Å². The Labute approximate surface area is 118 Å². The van der Waals surface area contributed by atoms with E-state index in [9.17, 15) is 0 Å². The Kier molecular flexibility index (Phi) is 4.45. The minimum Gasteiger partial charge on any atom is -0.328 e. The van der Waals surface area contributed by atoms with Crippen molar-refractivity contribution in [2.75, 3.05) is 26.2 Å². The molecule has 2 heterocycles. The van der Waals surface area contributed by atoms with E-state index < -0.39 is 0 Å². The molecule has 0 aromatic heterocycles. The smallest absolute Gasteiger partial charge is 0.0235 e. The third-order valence-corrected chi connectivity index (χ3v) is 5.89. The second-order valence-electron chi connectivity index (χ2n) is 7.05. The van der Waals surface area contributed by atoms with Crippen molar-refractivity contribution in [1.29, 1.82) is 0 Å². The molecule has 3 aliphatic rings. The number of piperidine rings is 1.